The van der Waals surface area contributed by atoms with Gasteiger partial charge < -0.3 is 10.4 Å². The van der Waals surface area contributed by atoms with Gasteiger partial charge in [-0.2, -0.15) is 0 Å². The number of carbonyl (C=O) groups is 2. The number of nitrogens with one attached hydrogen (secondary N) is 1. The zero-order valence-corrected chi connectivity index (χ0v) is 11.4. The van der Waals surface area contributed by atoms with Gasteiger partial charge in [-0.15, -0.1) is 0 Å². The van der Waals surface area contributed by atoms with Crippen molar-refractivity contribution in [1.82, 2.24) is 5.32 Å². The van der Waals surface area contributed by atoms with Gasteiger partial charge >= 0.3 is 5.97 Å². The highest BCUT2D eigenvalue weighted by atomic mass is 16.6. The van der Waals surface area contributed by atoms with Crippen LogP contribution in [0, 0.1) is 23.0 Å². The zero-order valence-electron chi connectivity index (χ0n) is 11.4. The maximum absolute atomic E-state index is 12.0. The molecule has 0 saturated carbocycles. The number of carbonyl (C=O) groups excluding carboxylic acids is 1. The molecular formula is C13H16N2O5. The first-order chi connectivity index (χ1) is 9.23. The second kappa shape index (κ2) is 6.14. The van der Waals surface area contributed by atoms with E-state index in [4.69, 9.17) is 5.11 Å². The summed E-state index contributed by atoms with van der Waals surface area (Å²) in [5.41, 5.74) is 0.458. The van der Waals surface area contributed by atoms with E-state index in [-0.39, 0.29) is 17.2 Å². The Bertz CT molecular complexity index is 554. The summed E-state index contributed by atoms with van der Waals surface area (Å²) in [7, 11) is 0. The van der Waals surface area contributed by atoms with E-state index < -0.39 is 22.8 Å². The highest BCUT2D eigenvalue weighted by Crippen LogP contribution is 2.19. The molecule has 7 heteroatoms. The monoisotopic (exact) mass is 280 g/mol. The normalized spacial score (nSPS) is 12.0. The Hall–Kier alpha value is -2.44. The second-order valence-corrected chi connectivity index (χ2v) is 4.79. The van der Waals surface area contributed by atoms with E-state index in [1.807, 2.05) is 0 Å². The lowest BCUT2D eigenvalue weighted by Gasteiger charge is -2.17. The van der Waals surface area contributed by atoms with Crippen molar-refractivity contribution in [2.75, 3.05) is 0 Å². The highest BCUT2D eigenvalue weighted by molar-refractivity contribution is 5.97. The van der Waals surface area contributed by atoms with Crippen molar-refractivity contribution in [2.45, 2.75) is 26.8 Å². The average Bonchev–Trinajstić information content (AvgIpc) is 2.34. The third-order valence-electron chi connectivity index (χ3n) is 2.87. The van der Waals surface area contributed by atoms with Crippen LogP contribution < -0.4 is 5.32 Å². The van der Waals surface area contributed by atoms with Gasteiger partial charge in [0.25, 0.3) is 11.6 Å². The first-order valence-corrected chi connectivity index (χ1v) is 6.02. The molecule has 1 aromatic rings. The fourth-order valence-electron chi connectivity index (χ4n) is 1.74. The van der Waals surface area contributed by atoms with Crippen molar-refractivity contribution in [3.8, 4) is 0 Å². The van der Waals surface area contributed by atoms with Crippen molar-refractivity contribution < 1.29 is 19.6 Å². The summed E-state index contributed by atoms with van der Waals surface area (Å²) >= 11 is 0. The minimum Gasteiger partial charge on any atom is -0.480 e. The van der Waals surface area contributed by atoms with Crippen LogP contribution in [0.5, 0.6) is 0 Å². The van der Waals surface area contributed by atoms with Crippen molar-refractivity contribution in [3.63, 3.8) is 0 Å². The Kier molecular flexibility index (Phi) is 4.79. The zero-order chi connectivity index (χ0) is 15.4. The molecule has 0 heterocycles. The molecule has 1 atom stereocenters. The summed E-state index contributed by atoms with van der Waals surface area (Å²) in [5, 5.41) is 22.1. The van der Waals surface area contributed by atoms with Gasteiger partial charge in [-0.3, -0.25) is 14.9 Å². The van der Waals surface area contributed by atoms with E-state index in [1.54, 1.807) is 13.8 Å². The van der Waals surface area contributed by atoms with E-state index in [2.05, 4.69) is 5.32 Å². The van der Waals surface area contributed by atoms with Crippen LogP contribution in [0.3, 0.4) is 0 Å². The number of aliphatic carboxylic acids is 1. The lowest BCUT2D eigenvalue weighted by Crippen LogP contribution is -2.44. The summed E-state index contributed by atoms with van der Waals surface area (Å²) in [6.45, 7) is 4.88. The van der Waals surface area contributed by atoms with Gasteiger partial charge in [0.2, 0.25) is 0 Å². The van der Waals surface area contributed by atoms with Crippen LogP contribution in [-0.4, -0.2) is 27.9 Å². The molecule has 1 aromatic carbocycles. The lowest BCUT2D eigenvalue weighted by atomic mass is 10.0. The molecule has 0 fully saturated rings. The summed E-state index contributed by atoms with van der Waals surface area (Å²) in [6, 6.07) is 2.90. The van der Waals surface area contributed by atoms with Gasteiger partial charge in [-0.05, 0) is 25.0 Å². The third-order valence-corrected chi connectivity index (χ3v) is 2.87. The largest absolute Gasteiger partial charge is 0.480 e. The summed E-state index contributed by atoms with van der Waals surface area (Å²) in [5.74, 6) is -1.95. The van der Waals surface area contributed by atoms with Gasteiger partial charge in [0.15, 0.2) is 0 Å². The van der Waals surface area contributed by atoms with Gasteiger partial charge in [0.1, 0.15) is 6.04 Å². The highest BCUT2D eigenvalue weighted by Gasteiger charge is 2.24. The number of rotatable bonds is 5. The number of hydrogen-bond donors (Lipinski definition) is 2. The molecule has 0 aliphatic heterocycles. The predicted molar refractivity (Wildman–Crippen MR) is 71.6 cm³/mol. The minimum absolute atomic E-state index is 0.0832. The molecule has 1 unspecified atom stereocenters. The van der Waals surface area contributed by atoms with Crippen LogP contribution >= 0.6 is 0 Å². The number of nitro groups is 1. The summed E-state index contributed by atoms with van der Waals surface area (Å²) in [6.07, 6.45) is 0. The Morgan fingerprint density at radius 3 is 2.35 bits per heavy atom. The number of aryl methyl sites for hydroxylation is 1. The van der Waals surface area contributed by atoms with Crippen molar-refractivity contribution in [2.24, 2.45) is 5.92 Å². The Balaban J connectivity index is 2.96. The SMILES string of the molecule is Cc1cc(C(=O)NC(C(=O)O)C(C)C)ccc1[N+](=O)[O-]. The molecule has 1 amide bonds. The van der Waals surface area contributed by atoms with Crippen LogP contribution in [0.4, 0.5) is 5.69 Å². The number of carboxylic acid groups (broad SMARTS) is 1. The molecule has 2 N–H and O–H groups in total. The van der Waals surface area contributed by atoms with E-state index >= 15 is 0 Å². The predicted octanol–water partition coefficient (Wildman–Crippen LogP) is 1.74. The number of amides is 1. The fraction of sp³-hybridized carbons (Fsp3) is 0.385. The molecule has 7 nitrogen and oxygen atoms in total. The molecule has 108 valence electrons. The molecule has 0 spiro atoms. The molecule has 0 bridgehead atoms. The molecule has 0 radical (unpaired) electrons. The molecule has 0 saturated heterocycles. The van der Waals surface area contributed by atoms with Gasteiger partial charge in [-0.1, -0.05) is 13.8 Å². The van der Waals surface area contributed by atoms with E-state index in [0.29, 0.717) is 5.56 Å². The topological polar surface area (TPSA) is 110 Å². The Labute approximate surface area is 115 Å². The molecule has 20 heavy (non-hydrogen) atoms. The van der Waals surface area contributed by atoms with Gasteiger partial charge in [0, 0.05) is 17.2 Å². The standard InChI is InChI=1S/C13H16N2O5/c1-7(2)11(13(17)18)14-12(16)9-4-5-10(15(19)20)8(3)6-9/h4-7,11H,1-3H3,(H,14,16)(H,17,18). The van der Waals surface area contributed by atoms with Crippen molar-refractivity contribution in [3.05, 3.63) is 39.4 Å². The maximum Gasteiger partial charge on any atom is 0.326 e. The quantitative estimate of drug-likeness (QED) is 0.630. The van der Waals surface area contributed by atoms with Crippen LogP contribution in [0.2, 0.25) is 0 Å². The second-order valence-electron chi connectivity index (χ2n) is 4.79. The molecule has 1 rings (SSSR count). The minimum atomic E-state index is -1.12. The van der Waals surface area contributed by atoms with Gasteiger partial charge in [0.05, 0.1) is 4.92 Å². The van der Waals surface area contributed by atoms with Crippen LogP contribution in [0.15, 0.2) is 18.2 Å². The average molecular weight is 280 g/mol. The Morgan fingerprint density at radius 2 is 1.95 bits per heavy atom. The Morgan fingerprint density at radius 1 is 1.35 bits per heavy atom. The number of hydrogen-bond acceptors (Lipinski definition) is 4. The number of benzene rings is 1. The first-order valence-electron chi connectivity index (χ1n) is 6.02. The molecule has 0 aliphatic rings. The summed E-state index contributed by atoms with van der Waals surface area (Å²) in [4.78, 5) is 33.1. The van der Waals surface area contributed by atoms with Crippen molar-refractivity contribution in [1.29, 1.82) is 0 Å². The van der Waals surface area contributed by atoms with Crippen molar-refractivity contribution >= 4 is 17.6 Å². The molecule has 0 aromatic heterocycles. The number of carboxylic acids is 1. The van der Waals surface area contributed by atoms with E-state index in [9.17, 15) is 19.7 Å². The fourth-order valence-corrected chi connectivity index (χ4v) is 1.74. The smallest absolute Gasteiger partial charge is 0.326 e. The van der Waals surface area contributed by atoms with E-state index in [0.717, 1.165) is 0 Å². The van der Waals surface area contributed by atoms with Gasteiger partial charge in [-0.25, -0.2) is 4.79 Å². The summed E-state index contributed by atoms with van der Waals surface area (Å²) < 4.78 is 0. The first kappa shape index (κ1) is 15.6. The maximum atomic E-state index is 12.0. The number of nitrogens with zero attached hydrogens (tertiary/aromatic N) is 1. The number of nitro benzene ring substituents is 1. The van der Waals surface area contributed by atoms with Crippen LogP contribution in [-0.2, 0) is 4.79 Å². The molecular weight excluding hydrogens is 264 g/mol. The lowest BCUT2D eigenvalue weighted by molar-refractivity contribution is -0.385. The van der Waals surface area contributed by atoms with Crippen LogP contribution in [0.1, 0.15) is 29.8 Å². The van der Waals surface area contributed by atoms with E-state index in [1.165, 1.54) is 25.1 Å². The molecule has 0 aliphatic carbocycles. The third kappa shape index (κ3) is 3.53. The van der Waals surface area contributed by atoms with Crippen LogP contribution in [0.25, 0.3) is 0 Å².